The summed E-state index contributed by atoms with van der Waals surface area (Å²) in [6.07, 6.45) is 12.7. The maximum atomic E-state index is 15.8. The molecule has 7 amide bonds. The van der Waals surface area contributed by atoms with Crippen LogP contribution in [0.25, 0.3) is 0 Å². The lowest BCUT2D eigenvalue weighted by Gasteiger charge is -2.48. The zero-order valence-electron chi connectivity index (χ0n) is 57.6. The number of amides is 7. The van der Waals surface area contributed by atoms with Gasteiger partial charge in [0.2, 0.25) is 41.4 Å². The predicted molar refractivity (Wildman–Crippen MR) is 366 cm³/mol. The van der Waals surface area contributed by atoms with Crippen LogP contribution in [0.5, 0.6) is 0 Å². The fourth-order valence-corrected chi connectivity index (χ4v) is 15.5. The first-order valence-electron chi connectivity index (χ1n) is 35.6. The monoisotopic (exact) mass is 1330 g/mol. The first-order valence-corrected chi connectivity index (χ1v) is 35.6. The highest BCUT2D eigenvalue weighted by Crippen LogP contribution is 2.37. The molecule has 6 heterocycles. The molecule has 7 aliphatic rings. The van der Waals surface area contributed by atoms with Crippen LogP contribution in [-0.2, 0) is 46.5 Å². The van der Waals surface area contributed by atoms with E-state index in [1.54, 1.807) is 23.8 Å². The van der Waals surface area contributed by atoms with Crippen molar-refractivity contribution in [1.82, 2.24) is 66.8 Å². The number of piperidine rings is 2. The van der Waals surface area contributed by atoms with Crippen LogP contribution in [0.15, 0.2) is 48.8 Å². The number of aryl methyl sites for hydroxylation is 1. The molecule has 1 saturated carbocycles. The van der Waals surface area contributed by atoms with E-state index in [1.807, 2.05) is 31.3 Å². The van der Waals surface area contributed by atoms with Gasteiger partial charge in [-0.15, -0.1) is 0 Å². The lowest BCUT2D eigenvalue weighted by atomic mass is 9.82. The van der Waals surface area contributed by atoms with Gasteiger partial charge in [-0.3, -0.25) is 43.4 Å². The molecule has 0 radical (unpaired) electrons. The Morgan fingerprint density at radius 1 is 0.802 bits per heavy atom. The number of carbonyl (C=O) groups excluding carboxylic acids is 7. The highest BCUT2D eigenvalue weighted by molar-refractivity contribution is 5.94. The van der Waals surface area contributed by atoms with Gasteiger partial charge >= 0.3 is 0 Å². The summed E-state index contributed by atoms with van der Waals surface area (Å²) in [5.41, 5.74) is 2.38. The van der Waals surface area contributed by atoms with Crippen LogP contribution in [-0.4, -0.2) is 213 Å². The standard InChI is InChI=1S/C71H106F2N16O7/c1-47-38-86(43-64(92)76-27-13-26-75-60-37-61(79-46-78-60)87-31-24-71(25-32-87)45-88(44-65(93)83-71)58-36-55(72)51(34-56(58)73)40-85-29-22-70(3,4)23-30-85)41-52(47)39-84(6)33-28-77-62(90)20-21-63(91)80-53-35-59(68(95)81-57-19-12-17-49-14-10-11-18-54(49)57)89(42-53)69(96)66(50-15-8-7-9-16-50)82-67(94)48(2)74-5/h10-11,14,18,34,36-37,46-48,50,52-53,57,59,66,74H,7-9,12-13,15-17,19-33,35,38-45H2,1-6H3,(H,76,92)(H,77,90)(H,80,91)(H,81,95)(H,82,94)(H,83,93)(H,75,78,79)/t47-,48-,52+,53-,57-,59-,66-/m0/s1. The Kier molecular flexibility index (Phi) is 24.6. The second-order valence-electron chi connectivity index (χ2n) is 29.5. The number of benzene rings is 2. The van der Waals surface area contributed by atoms with E-state index in [0.717, 1.165) is 108 Å². The number of fused-ring (bicyclic) bond motifs is 1. The summed E-state index contributed by atoms with van der Waals surface area (Å²) in [6.45, 7) is 16.8. The lowest BCUT2D eigenvalue weighted by molar-refractivity contribution is -0.143. The number of nitrogens with zero attached hydrogens (tertiary/aromatic N) is 8. The maximum Gasteiger partial charge on any atom is 0.246 e. The third kappa shape index (κ3) is 19.2. The van der Waals surface area contributed by atoms with E-state index in [4.69, 9.17) is 0 Å². The molecule has 7 atom stereocenters. The lowest BCUT2D eigenvalue weighted by Crippen LogP contribution is -2.66. The van der Waals surface area contributed by atoms with Crippen molar-refractivity contribution < 1.29 is 42.3 Å². The Bertz CT molecular complexity index is 3190. The molecular weight excluding hydrogens is 1230 g/mol. The van der Waals surface area contributed by atoms with Crippen LogP contribution in [0.1, 0.15) is 147 Å². The number of likely N-dealkylation sites (tertiary alicyclic amines) is 3. The van der Waals surface area contributed by atoms with Crippen LogP contribution in [0.3, 0.4) is 0 Å². The maximum absolute atomic E-state index is 15.8. The van der Waals surface area contributed by atoms with E-state index >= 15 is 8.78 Å². The molecule has 8 N–H and O–H groups in total. The van der Waals surface area contributed by atoms with Gasteiger partial charge in [0.1, 0.15) is 41.7 Å². The summed E-state index contributed by atoms with van der Waals surface area (Å²) >= 11 is 0. The smallest absolute Gasteiger partial charge is 0.246 e. The van der Waals surface area contributed by atoms with Crippen LogP contribution < -0.4 is 52.3 Å². The largest absolute Gasteiger partial charge is 0.370 e. The molecule has 0 bridgehead atoms. The Balaban J connectivity index is 0.603. The van der Waals surface area contributed by atoms with Gasteiger partial charge in [-0.05, 0) is 145 Å². The van der Waals surface area contributed by atoms with Crippen molar-refractivity contribution in [2.45, 2.75) is 173 Å². The number of carbonyl (C=O) groups is 7. The number of halogens is 2. The minimum atomic E-state index is -0.864. The van der Waals surface area contributed by atoms with E-state index < -0.39 is 41.3 Å². The summed E-state index contributed by atoms with van der Waals surface area (Å²) in [5, 5.41) is 24.9. The number of likely N-dealkylation sites (N-methyl/N-ethyl adjacent to an activating group) is 2. The van der Waals surface area contributed by atoms with Gasteiger partial charge in [0.15, 0.2) is 0 Å². The summed E-state index contributed by atoms with van der Waals surface area (Å²) in [7, 11) is 3.71. The zero-order valence-corrected chi connectivity index (χ0v) is 57.6. The van der Waals surface area contributed by atoms with Crippen LogP contribution in [0, 0.1) is 34.8 Å². The Morgan fingerprint density at radius 3 is 2.32 bits per heavy atom. The molecule has 1 aromatic heterocycles. The van der Waals surface area contributed by atoms with Gasteiger partial charge in [0.25, 0.3) is 0 Å². The van der Waals surface area contributed by atoms with Crippen LogP contribution >= 0.6 is 0 Å². The molecule has 5 aliphatic heterocycles. The van der Waals surface area contributed by atoms with Gasteiger partial charge < -0.3 is 62.1 Å². The molecule has 6 fully saturated rings. The van der Waals surface area contributed by atoms with Crippen molar-refractivity contribution in [3.05, 3.63) is 77.1 Å². The molecule has 25 heteroatoms. The molecule has 2 aliphatic carbocycles. The molecular formula is C71H106F2N16O7. The Morgan fingerprint density at radius 2 is 1.55 bits per heavy atom. The quantitative estimate of drug-likeness (QED) is 0.0485. The van der Waals surface area contributed by atoms with E-state index in [2.05, 4.69) is 98.9 Å². The van der Waals surface area contributed by atoms with Gasteiger partial charge in [-0.2, -0.15) is 0 Å². The summed E-state index contributed by atoms with van der Waals surface area (Å²) in [5.74, 6) is -0.671. The van der Waals surface area contributed by atoms with Crippen molar-refractivity contribution in [2.24, 2.45) is 23.2 Å². The number of hydrogen-bond acceptors (Lipinski definition) is 16. The van der Waals surface area contributed by atoms with E-state index in [0.29, 0.717) is 101 Å². The number of aromatic nitrogens is 2. The average molecular weight is 1330 g/mol. The second kappa shape index (κ2) is 33.0. The van der Waals surface area contributed by atoms with E-state index in [9.17, 15) is 33.6 Å². The topological polar surface area (TPSA) is 261 Å². The second-order valence-corrected chi connectivity index (χ2v) is 29.5. The fourth-order valence-electron chi connectivity index (χ4n) is 15.5. The van der Waals surface area contributed by atoms with E-state index in [-0.39, 0.29) is 96.8 Å². The highest BCUT2D eigenvalue weighted by atomic mass is 19.1. The molecule has 1 spiro atoms. The van der Waals surface area contributed by atoms with Gasteiger partial charge in [0, 0.05) is 115 Å². The van der Waals surface area contributed by atoms with Gasteiger partial charge in [-0.25, -0.2) is 18.7 Å². The summed E-state index contributed by atoms with van der Waals surface area (Å²) in [4.78, 5) is 116. The minimum absolute atomic E-state index is 0.0236. The summed E-state index contributed by atoms with van der Waals surface area (Å²) in [6, 6.07) is 9.64. The van der Waals surface area contributed by atoms with Crippen molar-refractivity contribution in [3.63, 3.8) is 0 Å². The van der Waals surface area contributed by atoms with Gasteiger partial charge in [0.05, 0.1) is 36.4 Å². The first-order chi connectivity index (χ1) is 46.1. The molecule has 23 nitrogen and oxygen atoms in total. The summed E-state index contributed by atoms with van der Waals surface area (Å²) < 4.78 is 31.4. The van der Waals surface area contributed by atoms with Crippen molar-refractivity contribution in [2.75, 3.05) is 127 Å². The normalized spacial score (nSPS) is 23.6. The number of anilines is 3. The van der Waals surface area contributed by atoms with E-state index in [1.165, 1.54) is 24.0 Å². The molecule has 5 saturated heterocycles. The van der Waals surface area contributed by atoms with Crippen LogP contribution in [0.4, 0.5) is 26.1 Å². The Hall–Kier alpha value is -7.09. The van der Waals surface area contributed by atoms with Crippen molar-refractivity contribution >= 4 is 58.7 Å². The SMILES string of the molecule is CN[C@@H](C)C(=O)N[C@H](C(=O)N1C[C@@H](NC(=O)CCC(=O)NCCN(C)C[C@@H]2CN(CC(=O)NCCCNc3cc(N4CCC5(CC4)CN(c4cc(F)c(CN6CCC(C)(C)CC6)cc4F)CC(=O)N5)ncn3)C[C@@H]2C)C[C@H]1C(=O)N[C@H]1CCCc2ccccc21)C1CCCCC1. The highest BCUT2D eigenvalue weighted by Gasteiger charge is 2.46. The average Bonchev–Trinajstić information content (AvgIpc) is 1.04. The fraction of sp³-hybridized carbons (Fsp3) is 0.676. The number of nitrogens with one attached hydrogen (secondary N) is 8. The molecule has 10 rings (SSSR count). The van der Waals surface area contributed by atoms with Crippen molar-refractivity contribution in [3.8, 4) is 0 Å². The van der Waals surface area contributed by atoms with Gasteiger partial charge in [-0.1, -0.05) is 64.3 Å². The number of piperazine rings is 1. The molecule has 0 unspecified atom stereocenters. The molecule has 2 aromatic carbocycles. The molecule has 96 heavy (non-hydrogen) atoms. The predicted octanol–water partition coefficient (Wildman–Crippen LogP) is 4.62. The first kappa shape index (κ1) is 71.7. The minimum Gasteiger partial charge on any atom is -0.370 e. The zero-order chi connectivity index (χ0) is 68.1. The number of rotatable bonds is 27. The molecule has 3 aromatic rings. The molecule has 526 valence electrons. The number of hydrogen-bond donors (Lipinski definition) is 8. The third-order valence-corrected chi connectivity index (χ3v) is 21.6. The van der Waals surface area contributed by atoms with Crippen molar-refractivity contribution in [1.29, 1.82) is 0 Å². The Labute approximate surface area is 565 Å². The third-order valence-electron chi connectivity index (χ3n) is 21.6. The van der Waals surface area contributed by atoms with Crippen LogP contribution in [0.2, 0.25) is 0 Å².